The molecule has 0 saturated carbocycles. The number of aryl methyl sites for hydroxylation is 1. The Morgan fingerprint density at radius 1 is 1.19 bits per heavy atom. The van der Waals surface area contributed by atoms with E-state index in [1.54, 1.807) is 31.1 Å². The number of hydrogen-bond acceptors (Lipinski definition) is 4. The standard InChI is InChI=1S/C18H29N3O4S/c1-4-15-5-7-17(8-6-15)26(23,24)19-11-12-21(18(22)20(2)3)16-9-13-25-14-10-16/h5-8,16,19H,4,9-14H2,1-3H3. The lowest BCUT2D eigenvalue weighted by Gasteiger charge is -2.36. The highest BCUT2D eigenvalue weighted by Gasteiger charge is 2.27. The average molecular weight is 384 g/mol. The van der Waals surface area contributed by atoms with Gasteiger partial charge in [0.25, 0.3) is 0 Å². The van der Waals surface area contributed by atoms with Crippen molar-refractivity contribution < 1.29 is 17.9 Å². The molecule has 1 aliphatic heterocycles. The molecule has 2 amide bonds. The first-order valence-electron chi connectivity index (χ1n) is 8.99. The van der Waals surface area contributed by atoms with Gasteiger partial charge in [-0.25, -0.2) is 17.9 Å². The van der Waals surface area contributed by atoms with Crippen molar-refractivity contribution >= 4 is 16.1 Å². The predicted molar refractivity (Wildman–Crippen MR) is 101 cm³/mol. The predicted octanol–water partition coefficient (Wildman–Crippen LogP) is 1.69. The molecule has 0 spiro atoms. The second-order valence-corrected chi connectivity index (χ2v) is 8.38. The fourth-order valence-electron chi connectivity index (χ4n) is 2.98. The van der Waals surface area contributed by atoms with Crippen molar-refractivity contribution in [2.75, 3.05) is 40.4 Å². The van der Waals surface area contributed by atoms with Crippen molar-refractivity contribution in [1.29, 1.82) is 0 Å². The zero-order chi connectivity index (χ0) is 19.2. The zero-order valence-corrected chi connectivity index (χ0v) is 16.6. The van der Waals surface area contributed by atoms with Crippen LogP contribution < -0.4 is 4.72 Å². The number of carbonyl (C=O) groups is 1. The second kappa shape index (κ2) is 9.34. The molecule has 26 heavy (non-hydrogen) atoms. The Hall–Kier alpha value is -1.64. The van der Waals surface area contributed by atoms with Crippen LogP contribution in [-0.4, -0.2) is 70.7 Å². The maximum absolute atomic E-state index is 12.5. The van der Waals surface area contributed by atoms with Crippen molar-refractivity contribution in [2.24, 2.45) is 0 Å². The van der Waals surface area contributed by atoms with Crippen molar-refractivity contribution in [3.63, 3.8) is 0 Å². The number of benzene rings is 1. The topological polar surface area (TPSA) is 79.0 Å². The number of nitrogens with one attached hydrogen (secondary N) is 1. The third kappa shape index (κ3) is 5.43. The minimum Gasteiger partial charge on any atom is -0.381 e. The van der Waals surface area contributed by atoms with E-state index >= 15 is 0 Å². The molecule has 7 nitrogen and oxygen atoms in total. The van der Waals surface area contributed by atoms with E-state index < -0.39 is 10.0 Å². The SMILES string of the molecule is CCc1ccc(S(=O)(=O)NCCN(C(=O)N(C)C)C2CCOCC2)cc1. The Balaban J connectivity index is 1.99. The quantitative estimate of drug-likeness (QED) is 0.777. The van der Waals surface area contributed by atoms with Crippen molar-refractivity contribution in [3.05, 3.63) is 29.8 Å². The molecule has 146 valence electrons. The number of rotatable bonds is 7. The van der Waals surface area contributed by atoms with Crippen LogP contribution in [0.15, 0.2) is 29.2 Å². The summed E-state index contributed by atoms with van der Waals surface area (Å²) in [5, 5.41) is 0. The largest absolute Gasteiger partial charge is 0.381 e. The van der Waals surface area contributed by atoms with E-state index in [9.17, 15) is 13.2 Å². The Bertz CT molecular complexity index is 683. The number of hydrogen-bond donors (Lipinski definition) is 1. The normalized spacial score (nSPS) is 15.7. The van der Waals surface area contributed by atoms with Crippen LogP contribution >= 0.6 is 0 Å². The van der Waals surface area contributed by atoms with Gasteiger partial charge < -0.3 is 14.5 Å². The first-order valence-corrected chi connectivity index (χ1v) is 10.5. The maximum Gasteiger partial charge on any atom is 0.319 e. The Labute approximate surface area is 156 Å². The minimum atomic E-state index is -3.58. The summed E-state index contributed by atoms with van der Waals surface area (Å²) < 4.78 is 32.9. The average Bonchev–Trinajstić information content (AvgIpc) is 2.65. The number of carbonyl (C=O) groups excluding carboxylic acids is 1. The summed E-state index contributed by atoms with van der Waals surface area (Å²) >= 11 is 0. The molecule has 0 radical (unpaired) electrons. The molecule has 1 fully saturated rings. The van der Waals surface area contributed by atoms with E-state index in [1.807, 2.05) is 19.1 Å². The lowest BCUT2D eigenvalue weighted by molar-refractivity contribution is 0.0421. The summed E-state index contributed by atoms with van der Waals surface area (Å²) in [7, 11) is -0.179. The summed E-state index contributed by atoms with van der Waals surface area (Å²) in [4.78, 5) is 16.0. The molecule has 1 aromatic carbocycles. The molecule has 0 atom stereocenters. The van der Waals surface area contributed by atoms with Gasteiger partial charge in [-0.3, -0.25) is 0 Å². The molecule has 0 aliphatic carbocycles. The monoisotopic (exact) mass is 383 g/mol. The molecule has 1 aromatic rings. The Morgan fingerprint density at radius 3 is 2.35 bits per heavy atom. The lowest BCUT2D eigenvalue weighted by Crippen LogP contribution is -2.50. The van der Waals surface area contributed by atoms with Gasteiger partial charge in [0.1, 0.15) is 0 Å². The molecular weight excluding hydrogens is 354 g/mol. The van der Waals surface area contributed by atoms with E-state index in [0.717, 1.165) is 24.8 Å². The van der Waals surface area contributed by atoms with Crippen LogP contribution in [0.1, 0.15) is 25.3 Å². The molecule has 0 aromatic heterocycles. The highest BCUT2D eigenvalue weighted by Crippen LogP contribution is 2.16. The van der Waals surface area contributed by atoms with E-state index in [0.29, 0.717) is 19.8 Å². The van der Waals surface area contributed by atoms with Crippen LogP contribution in [0.3, 0.4) is 0 Å². The van der Waals surface area contributed by atoms with Crippen molar-refractivity contribution in [1.82, 2.24) is 14.5 Å². The molecule has 1 N–H and O–H groups in total. The second-order valence-electron chi connectivity index (χ2n) is 6.61. The van der Waals surface area contributed by atoms with Crippen LogP contribution in [0.4, 0.5) is 4.79 Å². The van der Waals surface area contributed by atoms with Gasteiger partial charge in [-0.2, -0.15) is 0 Å². The summed E-state index contributed by atoms with van der Waals surface area (Å²) in [5.74, 6) is 0. The van der Waals surface area contributed by atoms with Gasteiger partial charge in [0, 0.05) is 46.4 Å². The molecule has 1 heterocycles. The molecule has 8 heteroatoms. The highest BCUT2D eigenvalue weighted by molar-refractivity contribution is 7.89. The van der Waals surface area contributed by atoms with Crippen LogP contribution in [0, 0.1) is 0 Å². The molecule has 0 unspecified atom stereocenters. The third-order valence-electron chi connectivity index (χ3n) is 4.55. The summed E-state index contributed by atoms with van der Waals surface area (Å²) in [6.45, 7) is 3.77. The smallest absolute Gasteiger partial charge is 0.319 e. The fourth-order valence-corrected chi connectivity index (χ4v) is 4.00. The van der Waals surface area contributed by atoms with Crippen LogP contribution in [0.2, 0.25) is 0 Å². The molecular formula is C18H29N3O4S. The molecule has 0 bridgehead atoms. The van der Waals surface area contributed by atoms with Gasteiger partial charge >= 0.3 is 6.03 Å². The Kier molecular flexibility index (Phi) is 7.43. The molecule has 2 rings (SSSR count). The van der Waals surface area contributed by atoms with Gasteiger partial charge in [0.15, 0.2) is 0 Å². The number of amides is 2. The van der Waals surface area contributed by atoms with Crippen LogP contribution in [-0.2, 0) is 21.2 Å². The van der Waals surface area contributed by atoms with E-state index in [2.05, 4.69) is 4.72 Å². The molecule has 1 aliphatic rings. The van der Waals surface area contributed by atoms with E-state index in [-0.39, 0.29) is 23.5 Å². The van der Waals surface area contributed by atoms with Gasteiger partial charge in [-0.05, 0) is 37.0 Å². The van der Waals surface area contributed by atoms with Gasteiger partial charge in [0.2, 0.25) is 10.0 Å². The third-order valence-corrected chi connectivity index (χ3v) is 6.02. The number of ether oxygens (including phenoxy) is 1. The van der Waals surface area contributed by atoms with E-state index in [1.165, 1.54) is 4.90 Å². The maximum atomic E-state index is 12.5. The lowest BCUT2D eigenvalue weighted by atomic mass is 10.1. The summed E-state index contributed by atoms with van der Waals surface area (Å²) in [5.41, 5.74) is 1.09. The number of sulfonamides is 1. The van der Waals surface area contributed by atoms with Crippen molar-refractivity contribution in [2.45, 2.75) is 37.1 Å². The van der Waals surface area contributed by atoms with Gasteiger partial charge in [-0.1, -0.05) is 19.1 Å². The number of urea groups is 1. The van der Waals surface area contributed by atoms with Crippen LogP contribution in [0.25, 0.3) is 0 Å². The van der Waals surface area contributed by atoms with E-state index in [4.69, 9.17) is 4.74 Å². The summed E-state index contributed by atoms with van der Waals surface area (Å²) in [6, 6.07) is 6.83. The van der Waals surface area contributed by atoms with Gasteiger partial charge in [0.05, 0.1) is 4.90 Å². The summed E-state index contributed by atoms with van der Waals surface area (Å²) in [6.07, 6.45) is 2.40. The minimum absolute atomic E-state index is 0.0759. The first-order chi connectivity index (χ1) is 12.3. The fraction of sp³-hybridized carbons (Fsp3) is 0.611. The van der Waals surface area contributed by atoms with Crippen molar-refractivity contribution in [3.8, 4) is 0 Å². The van der Waals surface area contributed by atoms with Crippen LogP contribution in [0.5, 0.6) is 0 Å². The zero-order valence-electron chi connectivity index (χ0n) is 15.8. The Morgan fingerprint density at radius 2 is 1.81 bits per heavy atom. The molecule has 1 saturated heterocycles. The highest BCUT2D eigenvalue weighted by atomic mass is 32.2. The van der Waals surface area contributed by atoms with Gasteiger partial charge in [-0.15, -0.1) is 0 Å². The first kappa shape index (κ1) is 20.7. The number of nitrogens with zero attached hydrogens (tertiary/aromatic N) is 2.